The maximum absolute atomic E-state index is 12.4. The van der Waals surface area contributed by atoms with Crippen LogP contribution in [0.25, 0.3) is 0 Å². The molecule has 2 aromatic carbocycles. The highest BCUT2D eigenvalue weighted by Crippen LogP contribution is 2.26. The van der Waals surface area contributed by atoms with Gasteiger partial charge >= 0.3 is 0 Å². The van der Waals surface area contributed by atoms with Gasteiger partial charge in [0.2, 0.25) is 0 Å². The van der Waals surface area contributed by atoms with Crippen LogP contribution in [0.3, 0.4) is 0 Å². The van der Waals surface area contributed by atoms with E-state index in [4.69, 9.17) is 0 Å². The topological polar surface area (TPSA) is 59.8 Å². The normalized spacial score (nSPS) is 11.4. The number of carbonyl (C=O) groups excluding carboxylic acids is 1. The number of amides is 1. The van der Waals surface area contributed by atoms with Gasteiger partial charge in [-0.1, -0.05) is 32.9 Å². The number of hydrogen-bond acceptors (Lipinski definition) is 4. The summed E-state index contributed by atoms with van der Waals surface area (Å²) in [5, 5.41) is 11.7. The van der Waals surface area contributed by atoms with Gasteiger partial charge in [0, 0.05) is 23.2 Å². The fourth-order valence-corrected chi connectivity index (χ4v) is 3.16. The van der Waals surface area contributed by atoms with Gasteiger partial charge in [0.05, 0.1) is 0 Å². The van der Waals surface area contributed by atoms with Gasteiger partial charge in [0.1, 0.15) is 6.33 Å². The summed E-state index contributed by atoms with van der Waals surface area (Å²) in [5.41, 5.74) is 2.69. The Kier molecular flexibility index (Phi) is 5.13. The molecule has 0 aliphatic rings. The van der Waals surface area contributed by atoms with E-state index >= 15 is 0 Å². The first-order valence-corrected chi connectivity index (χ1v) is 9.18. The maximum atomic E-state index is 12.4. The minimum atomic E-state index is -0.112. The molecule has 134 valence electrons. The molecule has 1 heterocycles. The molecule has 1 aromatic heterocycles. The van der Waals surface area contributed by atoms with E-state index in [9.17, 15) is 4.79 Å². The summed E-state index contributed by atoms with van der Waals surface area (Å²) < 4.78 is 1.86. The molecule has 5 nitrogen and oxygen atoms in total. The molecule has 0 saturated carbocycles. The van der Waals surface area contributed by atoms with Crippen molar-refractivity contribution in [3.8, 4) is 0 Å². The second-order valence-electron chi connectivity index (χ2n) is 7.13. The van der Waals surface area contributed by atoms with E-state index in [0.29, 0.717) is 5.56 Å². The molecular formula is C20H22N4OS. The highest BCUT2D eigenvalue weighted by atomic mass is 32.2. The third-order valence-corrected chi connectivity index (χ3v) is 5.06. The Morgan fingerprint density at radius 2 is 1.69 bits per heavy atom. The molecule has 0 radical (unpaired) electrons. The SMILES string of the molecule is Cn1cnnc1Sc1ccc(NC(=O)c2ccc(C(C)(C)C)cc2)cc1. The molecule has 26 heavy (non-hydrogen) atoms. The lowest BCUT2D eigenvalue weighted by molar-refractivity contribution is 0.102. The highest BCUT2D eigenvalue weighted by Gasteiger charge is 2.14. The fraction of sp³-hybridized carbons (Fsp3) is 0.250. The molecule has 3 aromatic rings. The first kappa shape index (κ1) is 18.2. The molecule has 1 N–H and O–H groups in total. The number of aromatic nitrogens is 3. The van der Waals surface area contributed by atoms with E-state index in [2.05, 4.69) is 36.3 Å². The van der Waals surface area contributed by atoms with Crippen LogP contribution in [0, 0.1) is 0 Å². The maximum Gasteiger partial charge on any atom is 0.255 e. The first-order valence-electron chi connectivity index (χ1n) is 8.37. The van der Waals surface area contributed by atoms with Crippen LogP contribution in [-0.4, -0.2) is 20.7 Å². The molecule has 0 saturated heterocycles. The van der Waals surface area contributed by atoms with Crippen LogP contribution in [0.1, 0.15) is 36.7 Å². The number of anilines is 1. The quantitative estimate of drug-likeness (QED) is 0.738. The lowest BCUT2D eigenvalue weighted by Gasteiger charge is -2.19. The van der Waals surface area contributed by atoms with Crippen LogP contribution < -0.4 is 5.32 Å². The molecule has 0 spiro atoms. The molecule has 1 amide bonds. The number of benzene rings is 2. The van der Waals surface area contributed by atoms with Crippen molar-refractivity contribution in [2.75, 3.05) is 5.32 Å². The van der Waals surface area contributed by atoms with Gasteiger partial charge < -0.3 is 9.88 Å². The molecule has 0 aliphatic carbocycles. The Morgan fingerprint density at radius 3 is 2.23 bits per heavy atom. The Hall–Kier alpha value is -2.60. The Bertz CT molecular complexity index is 893. The number of carbonyl (C=O) groups is 1. The Labute approximate surface area is 157 Å². The van der Waals surface area contributed by atoms with E-state index in [-0.39, 0.29) is 11.3 Å². The van der Waals surface area contributed by atoms with Crippen LogP contribution in [0.5, 0.6) is 0 Å². The second kappa shape index (κ2) is 7.33. The Balaban J connectivity index is 1.65. The average molecular weight is 366 g/mol. The summed E-state index contributed by atoms with van der Waals surface area (Å²) in [7, 11) is 1.90. The predicted molar refractivity (Wildman–Crippen MR) is 105 cm³/mol. The number of nitrogens with zero attached hydrogens (tertiary/aromatic N) is 3. The van der Waals surface area contributed by atoms with Crippen molar-refractivity contribution in [2.24, 2.45) is 7.05 Å². The smallest absolute Gasteiger partial charge is 0.255 e. The van der Waals surface area contributed by atoms with Crippen molar-refractivity contribution in [2.45, 2.75) is 36.2 Å². The zero-order valence-corrected chi connectivity index (χ0v) is 16.2. The van der Waals surface area contributed by atoms with Gasteiger partial charge in [-0.25, -0.2) is 0 Å². The van der Waals surface area contributed by atoms with Crippen molar-refractivity contribution in [3.05, 3.63) is 66.0 Å². The number of rotatable bonds is 4. The molecule has 0 fully saturated rings. The standard InChI is InChI=1S/C20H22N4OS/c1-20(2,3)15-7-5-14(6-8-15)18(25)22-16-9-11-17(12-10-16)26-19-23-21-13-24(19)4/h5-13H,1-4H3,(H,22,25). The third kappa shape index (κ3) is 4.32. The fourth-order valence-electron chi connectivity index (χ4n) is 2.40. The first-order chi connectivity index (χ1) is 12.3. The summed E-state index contributed by atoms with van der Waals surface area (Å²) in [5.74, 6) is -0.112. The van der Waals surface area contributed by atoms with Gasteiger partial charge in [-0.15, -0.1) is 10.2 Å². The number of aryl methyl sites for hydroxylation is 1. The molecule has 0 atom stereocenters. The summed E-state index contributed by atoms with van der Waals surface area (Å²) in [6.07, 6.45) is 1.67. The van der Waals surface area contributed by atoms with Gasteiger partial charge in [-0.2, -0.15) is 0 Å². The molecule has 6 heteroatoms. The van der Waals surface area contributed by atoms with Crippen LogP contribution in [0.15, 0.2) is 64.9 Å². The second-order valence-corrected chi connectivity index (χ2v) is 8.17. The van der Waals surface area contributed by atoms with E-state index < -0.39 is 0 Å². The number of hydrogen-bond donors (Lipinski definition) is 1. The largest absolute Gasteiger partial charge is 0.322 e. The molecule has 0 bridgehead atoms. The monoisotopic (exact) mass is 366 g/mol. The summed E-state index contributed by atoms with van der Waals surface area (Å²) in [6, 6.07) is 15.4. The van der Waals surface area contributed by atoms with E-state index in [0.717, 1.165) is 15.7 Å². The van der Waals surface area contributed by atoms with Gasteiger partial charge in [-0.05, 0) is 59.1 Å². The minimum absolute atomic E-state index is 0.0746. The van der Waals surface area contributed by atoms with E-state index in [1.807, 2.05) is 60.1 Å². The number of nitrogens with one attached hydrogen (secondary N) is 1. The average Bonchev–Trinajstić information content (AvgIpc) is 3.01. The van der Waals surface area contributed by atoms with Gasteiger partial charge in [-0.3, -0.25) is 4.79 Å². The highest BCUT2D eigenvalue weighted by molar-refractivity contribution is 7.99. The van der Waals surface area contributed by atoms with Gasteiger partial charge in [0.25, 0.3) is 5.91 Å². The molecule has 0 aliphatic heterocycles. The third-order valence-electron chi connectivity index (χ3n) is 4.00. The summed E-state index contributed by atoms with van der Waals surface area (Å²) in [6.45, 7) is 6.47. The van der Waals surface area contributed by atoms with Crippen molar-refractivity contribution in [1.29, 1.82) is 0 Å². The summed E-state index contributed by atoms with van der Waals surface area (Å²) >= 11 is 1.53. The van der Waals surface area contributed by atoms with Crippen molar-refractivity contribution in [3.63, 3.8) is 0 Å². The van der Waals surface area contributed by atoms with Crippen LogP contribution in [-0.2, 0) is 12.5 Å². The van der Waals surface area contributed by atoms with Crippen LogP contribution in [0.2, 0.25) is 0 Å². The Morgan fingerprint density at radius 1 is 1.04 bits per heavy atom. The lowest BCUT2D eigenvalue weighted by atomic mass is 9.87. The zero-order valence-electron chi connectivity index (χ0n) is 15.4. The molecular weight excluding hydrogens is 344 g/mol. The lowest BCUT2D eigenvalue weighted by Crippen LogP contribution is -2.14. The predicted octanol–water partition coefficient (Wildman–Crippen LogP) is 4.52. The van der Waals surface area contributed by atoms with Crippen molar-refractivity contribution in [1.82, 2.24) is 14.8 Å². The van der Waals surface area contributed by atoms with E-state index in [1.165, 1.54) is 17.3 Å². The van der Waals surface area contributed by atoms with Crippen molar-refractivity contribution < 1.29 is 4.79 Å². The molecule has 3 rings (SSSR count). The minimum Gasteiger partial charge on any atom is -0.322 e. The summed E-state index contributed by atoms with van der Waals surface area (Å²) in [4.78, 5) is 13.5. The van der Waals surface area contributed by atoms with Crippen LogP contribution >= 0.6 is 11.8 Å². The molecule has 0 unspecified atom stereocenters. The van der Waals surface area contributed by atoms with Crippen molar-refractivity contribution >= 4 is 23.4 Å². The van der Waals surface area contributed by atoms with Gasteiger partial charge in [0.15, 0.2) is 5.16 Å². The zero-order chi connectivity index (χ0) is 18.7. The van der Waals surface area contributed by atoms with Crippen LogP contribution in [0.4, 0.5) is 5.69 Å². The van der Waals surface area contributed by atoms with E-state index in [1.54, 1.807) is 6.33 Å².